The first-order valence-corrected chi connectivity index (χ1v) is 13.1. The number of aryl methyl sites for hydroxylation is 1. The maximum atomic E-state index is 12.9. The number of hydrogen-bond acceptors (Lipinski definition) is 8. The summed E-state index contributed by atoms with van der Waals surface area (Å²) in [4.78, 5) is 15.0. The second-order valence-corrected chi connectivity index (χ2v) is 11.1. The van der Waals surface area contributed by atoms with Crippen LogP contribution in [0.1, 0.15) is 16.3 Å². The summed E-state index contributed by atoms with van der Waals surface area (Å²) in [5, 5.41) is 3.76. The average Bonchev–Trinajstić information content (AvgIpc) is 3.21. The molecule has 3 aromatic rings. The Kier molecular flexibility index (Phi) is 6.90. The standard InChI is InChI=1S/C21H23F3N6O2S2/c1-14-9-15(11-16(10-14)27-20-25-4-3-18(28-20)21(22,23)24)17-12-26-19(33-17)13-29-5-7-30(8-6-29)34(2,31)32/h3-4,9-12H,5-8,13H2,1-2H3,(H,25,27,28). The second kappa shape index (κ2) is 9.56. The Labute approximate surface area is 199 Å². The molecule has 1 aromatic carbocycles. The fraction of sp³-hybridized carbons (Fsp3) is 0.381. The van der Waals surface area contributed by atoms with E-state index in [-0.39, 0.29) is 5.95 Å². The first kappa shape index (κ1) is 24.5. The highest BCUT2D eigenvalue weighted by atomic mass is 32.2. The van der Waals surface area contributed by atoms with E-state index < -0.39 is 21.9 Å². The molecule has 0 spiro atoms. The van der Waals surface area contributed by atoms with E-state index in [1.807, 2.05) is 19.1 Å². The Bertz CT molecular complexity index is 1270. The van der Waals surface area contributed by atoms with Gasteiger partial charge in [0.1, 0.15) is 10.7 Å². The van der Waals surface area contributed by atoms with Gasteiger partial charge < -0.3 is 5.32 Å². The van der Waals surface area contributed by atoms with Gasteiger partial charge in [-0.3, -0.25) is 4.90 Å². The van der Waals surface area contributed by atoms with Crippen LogP contribution in [0.4, 0.5) is 24.8 Å². The van der Waals surface area contributed by atoms with Crippen LogP contribution in [0.15, 0.2) is 36.7 Å². The number of piperazine rings is 1. The minimum absolute atomic E-state index is 0.135. The Morgan fingerprint density at radius 2 is 1.85 bits per heavy atom. The number of thiazole rings is 1. The summed E-state index contributed by atoms with van der Waals surface area (Å²) in [7, 11) is -3.17. The summed E-state index contributed by atoms with van der Waals surface area (Å²) in [6, 6.07) is 6.42. The number of aromatic nitrogens is 3. The van der Waals surface area contributed by atoms with Crippen molar-refractivity contribution in [3.05, 3.63) is 52.9 Å². The zero-order valence-corrected chi connectivity index (χ0v) is 20.1. The first-order valence-electron chi connectivity index (χ1n) is 10.4. The van der Waals surface area contributed by atoms with Crippen LogP contribution in [-0.2, 0) is 22.7 Å². The topological polar surface area (TPSA) is 91.3 Å². The second-order valence-electron chi connectivity index (χ2n) is 8.03. The van der Waals surface area contributed by atoms with Crippen LogP contribution in [0.25, 0.3) is 10.4 Å². The number of nitrogens with one attached hydrogen (secondary N) is 1. The first-order chi connectivity index (χ1) is 16.0. The Balaban J connectivity index is 1.46. The van der Waals surface area contributed by atoms with Crippen molar-refractivity contribution in [2.75, 3.05) is 37.8 Å². The molecule has 13 heteroatoms. The van der Waals surface area contributed by atoms with Gasteiger partial charge >= 0.3 is 6.18 Å². The van der Waals surface area contributed by atoms with E-state index in [1.54, 1.807) is 12.3 Å². The number of anilines is 2. The summed E-state index contributed by atoms with van der Waals surface area (Å²) < 4.78 is 63.7. The third kappa shape index (κ3) is 6.09. The highest BCUT2D eigenvalue weighted by Crippen LogP contribution is 2.32. The molecule has 1 aliphatic heterocycles. The molecule has 1 fully saturated rings. The highest BCUT2D eigenvalue weighted by Gasteiger charge is 2.32. The quantitative estimate of drug-likeness (QED) is 0.538. The lowest BCUT2D eigenvalue weighted by molar-refractivity contribution is -0.141. The van der Waals surface area contributed by atoms with Gasteiger partial charge in [-0.1, -0.05) is 6.07 Å². The molecule has 3 heterocycles. The number of hydrogen-bond donors (Lipinski definition) is 1. The van der Waals surface area contributed by atoms with E-state index in [9.17, 15) is 21.6 Å². The fourth-order valence-electron chi connectivity index (χ4n) is 3.63. The van der Waals surface area contributed by atoms with Crippen LogP contribution < -0.4 is 5.32 Å². The highest BCUT2D eigenvalue weighted by molar-refractivity contribution is 7.88. The van der Waals surface area contributed by atoms with Crippen molar-refractivity contribution in [2.24, 2.45) is 0 Å². The lowest BCUT2D eigenvalue weighted by atomic mass is 10.1. The van der Waals surface area contributed by atoms with Crippen molar-refractivity contribution >= 4 is 33.0 Å². The monoisotopic (exact) mass is 512 g/mol. The molecule has 0 atom stereocenters. The van der Waals surface area contributed by atoms with E-state index in [2.05, 4.69) is 25.2 Å². The molecule has 4 rings (SSSR count). The van der Waals surface area contributed by atoms with Crippen LogP contribution in [-0.4, -0.2) is 65.0 Å². The molecule has 0 unspecified atom stereocenters. The number of halogens is 3. The summed E-state index contributed by atoms with van der Waals surface area (Å²) in [6.07, 6.45) is -0.486. The predicted molar refractivity (Wildman–Crippen MR) is 124 cm³/mol. The van der Waals surface area contributed by atoms with Crippen molar-refractivity contribution in [3.8, 4) is 10.4 Å². The minimum atomic E-state index is -4.55. The normalized spacial score (nSPS) is 16.0. The van der Waals surface area contributed by atoms with Crippen LogP contribution in [0.2, 0.25) is 0 Å². The van der Waals surface area contributed by atoms with E-state index in [0.29, 0.717) is 38.4 Å². The SMILES string of the molecule is Cc1cc(Nc2nccc(C(F)(F)F)n2)cc(-c2cnc(CN3CCN(S(C)(=O)=O)CC3)s2)c1. The number of nitrogens with zero attached hydrogens (tertiary/aromatic N) is 5. The molecule has 8 nitrogen and oxygen atoms in total. The van der Waals surface area contributed by atoms with Gasteiger partial charge in [-0.15, -0.1) is 11.3 Å². The fourth-order valence-corrected chi connectivity index (χ4v) is 5.40. The predicted octanol–water partition coefficient (Wildman–Crippen LogP) is 3.75. The lowest BCUT2D eigenvalue weighted by Gasteiger charge is -2.32. The summed E-state index contributed by atoms with van der Waals surface area (Å²) in [5.74, 6) is -0.135. The lowest BCUT2D eigenvalue weighted by Crippen LogP contribution is -2.47. The number of alkyl halides is 3. The summed E-state index contributed by atoms with van der Waals surface area (Å²) in [6.45, 7) is 4.71. The molecule has 0 amide bonds. The van der Waals surface area contributed by atoms with Gasteiger partial charge in [-0.25, -0.2) is 23.4 Å². The number of benzene rings is 1. The maximum Gasteiger partial charge on any atom is 0.433 e. The molecule has 1 saturated heterocycles. The zero-order valence-electron chi connectivity index (χ0n) is 18.5. The van der Waals surface area contributed by atoms with Crippen LogP contribution >= 0.6 is 11.3 Å². The van der Waals surface area contributed by atoms with Crippen molar-refractivity contribution in [1.29, 1.82) is 0 Å². The van der Waals surface area contributed by atoms with Crippen molar-refractivity contribution < 1.29 is 21.6 Å². The van der Waals surface area contributed by atoms with Crippen LogP contribution in [0.5, 0.6) is 0 Å². The smallest absolute Gasteiger partial charge is 0.324 e. The molecule has 0 saturated carbocycles. The van der Waals surface area contributed by atoms with Crippen LogP contribution in [0, 0.1) is 6.92 Å². The van der Waals surface area contributed by atoms with E-state index in [1.165, 1.54) is 21.9 Å². The number of rotatable bonds is 6. The van der Waals surface area contributed by atoms with Crippen molar-refractivity contribution in [2.45, 2.75) is 19.6 Å². The Morgan fingerprint density at radius 3 is 2.53 bits per heavy atom. The summed E-state index contributed by atoms with van der Waals surface area (Å²) in [5.41, 5.74) is 1.35. The largest absolute Gasteiger partial charge is 0.433 e. The van der Waals surface area contributed by atoms with E-state index >= 15 is 0 Å². The van der Waals surface area contributed by atoms with Gasteiger partial charge in [0, 0.05) is 44.3 Å². The molecule has 0 bridgehead atoms. The molecular formula is C21H23F3N6O2S2. The van der Waals surface area contributed by atoms with Gasteiger partial charge in [0.2, 0.25) is 16.0 Å². The zero-order chi connectivity index (χ0) is 24.5. The van der Waals surface area contributed by atoms with Crippen LogP contribution in [0.3, 0.4) is 0 Å². The average molecular weight is 513 g/mol. The third-order valence-electron chi connectivity index (χ3n) is 5.28. The van der Waals surface area contributed by atoms with E-state index in [0.717, 1.165) is 33.3 Å². The molecule has 0 radical (unpaired) electrons. The van der Waals surface area contributed by atoms with Crippen molar-refractivity contribution in [3.63, 3.8) is 0 Å². The molecule has 182 valence electrons. The van der Waals surface area contributed by atoms with E-state index in [4.69, 9.17) is 0 Å². The van der Waals surface area contributed by atoms with Gasteiger partial charge in [0.05, 0.1) is 17.7 Å². The molecule has 34 heavy (non-hydrogen) atoms. The molecule has 2 aromatic heterocycles. The molecule has 1 N–H and O–H groups in total. The molecule has 0 aliphatic carbocycles. The van der Waals surface area contributed by atoms with Gasteiger partial charge in [-0.05, 0) is 36.2 Å². The van der Waals surface area contributed by atoms with Gasteiger partial charge in [0.15, 0.2) is 0 Å². The maximum absolute atomic E-state index is 12.9. The summed E-state index contributed by atoms with van der Waals surface area (Å²) >= 11 is 1.52. The Morgan fingerprint density at radius 1 is 1.12 bits per heavy atom. The third-order valence-corrected chi connectivity index (χ3v) is 7.61. The minimum Gasteiger partial charge on any atom is -0.324 e. The number of sulfonamides is 1. The van der Waals surface area contributed by atoms with Crippen molar-refractivity contribution in [1.82, 2.24) is 24.2 Å². The van der Waals surface area contributed by atoms with Gasteiger partial charge in [-0.2, -0.15) is 17.5 Å². The molecule has 1 aliphatic rings. The Hall–Kier alpha value is -2.61. The van der Waals surface area contributed by atoms with Gasteiger partial charge in [0.25, 0.3) is 0 Å². The molecular weight excluding hydrogens is 489 g/mol.